The van der Waals surface area contributed by atoms with E-state index in [0.29, 0.717) is 14.0 Å². The molecule has 0 atom stereocenters. The van der Waals surface area contributed by atoms with Crippen LogP contribution in [0.5, 0.6) is 0 Å². The first kappa shape index (κ1) is 47.1. The van der Waals surface area contributed by atoms with Crippen molar-refractivity contribution in [3.05, 3.63) is 75.5 Å². The first-order chi connectivity index (χ1) is 27.1. The molecule has 20 heteroatoms. The smallest absolute Gasteiger partial charge is 0.346 e. The number of rotatable bonds is 18. The lowest BCUT2D eigenvalue weighted by atomic mass is 10.2. The van der Waals surface area contributed by atoms with Crippen molar-refractivity contribution in [3.8, 4) is 0 Å². The van der Waals surface area contributed by atoms with Gasteiger partial charge in [-0.3, -0.25) is 0 Å². The predicted octanol–water partition coefficient (Wildman–Crippen LogP) is 13.4. The van der Waals surface area contributed by atoms with E-state index in [1.54, 1.807) is 23.5 Å². The van der Waals surface area contributed by atoms with Crippen molar-refractivity contribution in [2.24, 2.45) is 0 Å². The summed E-state index contributed by atoms with van der Waals surface area (Å²) < 4.78 is 30.2. The molecule has 304 valence electrons. The minimum atomic E-state index is -0.642. The minimum absolute atomic E-state index is 0.134. The van der Waals surface area contributed by atoms with Crippen LogP contribution in [0.25, 0.3) is 0 Å². The van der Waals surface area contributed by atoms with Crippen molar-refractivity contribution in [2.75, 3.05) is 39.9 Å². The third-order valence-electron chi connectivity index (χ3n) is 7.56. The first-order valence-corrected chi connectivity index (χ1v) is 27.5. The summed E-state index contributed by atoms with van der Waals surface area (Å²) in [5, 5.41) is 0. The van der Waals surface area contributed by atoms with Crippen molar-refractivity contribution < 1.29 is 38.1 Å². The number of methoxy groups -OCH3 is 4. The molecule has 5 aliphatic rings. The fourth-order valence-electron chi connectivity index (χ4n) is 4.78. The zero-order chi connectivity index (χ0) is 40.2. The summed E-state index contributed by atoms with van der Waals surface area (Å²) in [6, 6.07) is 0. The van der Waals surface area contributed by atoms with Gasteiger partial charge in [0.2, 0.25) is 0 Å². The van der Waals surface area contributed by atoms with E-state index >= 15 is 0 Å². The molecule has 5 heterocycles. The van der Waals surface area contributed by atoms with Crippen molar-refractivity contribution in [3.63, 3.8) is 0 Å². The van der Waals surface area contributed by atoms with Crippen LogP contribution in [0.1, 0.15) is 65.2 Å². The standard InChI is InChI=1S/C36H40O8S12/c1-7-9-11-13-15-45-31-32(46-16-14-12-10-8-2)54-35(53-31)36-55-33-34(56-36)50-21(49-33)18-19(30-51-24(28(39)43-5)25(52-30)29(40)44-6)17-20-47-22(26(37)41-3)23(48-20)27(38)42-4/h17-18H,7-16H2,1-6H3. The monoisotopic (exact) mass is 984 g/mol. The van der Waals surface area contributed by atoms with E-state index in [4.69, 9.17) is 18.9 Å². The number of unbranched alkanes of at least 4 members (excludes halogenated alkanes) is 6. The summed E-state index contributed by atoms with van der Waals surface area (Å²) in [6.45, 7) is 4.51. The van der Waals surface area contributed by atoms with Crippen molar-refractivity contribution in [1.29, 1.82) is 0 Å². The van der Waals surface area contributed by atoms with Gasteiger partial charge in [0, 0.05) is 0 Å². The molecule has 8 nitrogen and oxygen atoms in total. The molecule has 5 rings (SSSR count). The number of allylic oxidation sites excluding steroid dienone is 3. The number of carbonyl (C=O) groups is 4. The Labute approximate surface area is 380 Å². The van der Waals surface area contributed by atoms with Crippen LogP contribution < -0.4 is 0 Å². The zero-order valence-electron chi connectivity index (χ0n) is 31.4. The van der Waals surface area contributed by atoms with Crippen molar-refractivity contribution in [1.82, 2.24) is 0 Å². The summed E-state index contributed by atoms with van der Waals surface area (Å²) >= 11 is 19.4. The highest BCUT2D eigenvalue weighted by molar-refractivity contribution is 8.49. The van der Waals surface area contributed by atoms with Gasteiger partial charge in [-0.1, -0.05) is 170 Å². The Bertz CT molecular complexity index is 1750. The third-order valence-corrected chi connectivity index (χ3v) is 24.3. The van der Waals surface area contributed by atoms with E-state index in [1.807, 2.05) is 82.7 Å². The SMILES string of the molecule is CCCCCCSC1=C(SCCCCCC)SC(=C2SC3=C(SC(=CC(C=C4SC(C(=O)OC)=C(C(=O)OC)S4)=C4SC(C(=O)OC)=C(C(=O)OC)S4)S3)S2)S1. The van der Waals surface area contributed by atoms with Gasteiger partial charge in [-0.15, -0.1) is 23.5 Å². The van der Waals surface area contributed by atoms with Crippen molar-refractivity contribution >= 4 is 165 Å². The van der Waals surface area contributed by atoms with Gasteiger partial charge in [0.25, 0.3) is 0 Å². The normalized spacial score (nSPS) is 18.1. The quantitative estimate of drug-likeness (QED) is 0.0738. The average Bonchev–Trinajstić information content (AvgIpc) is 4.04. The molecule has 0 fully saturated rings. The molecule has 0 bridgehead atoms. The molecule has 0 spiro atoms. The molecule has 0 aliphatic carbocycles. The van der Waals surface area contributed by atoms with E-state index in [1.165, 1.54) is 105 Å². The van der Waals surface area contributed by atoms with Crippen LogP contribution in [0.3, 0.4) is 0 Å². The van der Waals surface area contributed by atoms with E-state index in [9.17, 15) is 19.2 Å². The molecule has 0 radical (unpaired) electrons. The molecule has 0 saturated heterocycles. The Balaban J connectivity index is 1.36. The van der Waals surface area contributed by atoms with Crippen LogP contribution in [0.2, 0.25) is 0 Å². The Kier molecular flexibility index (Phi) is 20.0. The van der Waals surface area contributed by atoms with Gasteiger partial charge in [0.15, 0.2) is 0 Å². The Hall–Kier alpha value is -0.000000000000000333. The highest BCUT2D eigenvalue weighted by Crippen LogP contribution is 2.71. The van der Waals surface area contributed by atoms with Gasteiger partial charge in [-0.2, -0.15) is 0 Å². The molecule has 56 heavy (non-hydrogen) atoms. The van der Waals surface area contributed by atoms with Crippen LogP contribution in [0.4, 0.5) is 0 Å². The highest BCUT2D eigenvalue weighted by atomic mass is 32.3. The average molecular weight is 986 g/mol. The van der Waals surface area contributed by atoms with Gasteiger partial charge >= 0.3 is 23.9 Å². The van der Waals surface area contributed by atoms with E-state index in [0.717, 1.165) is 62.8 Å². The summed E-state index contributed by atoms with van der Waals surface area (Å²) in [5.74, 6) is -0.255. The van der Waals surface area contributed by atoms with Gasteiger partial charge in [0.05, 0.1) is 66.6 Å². The lowest BCUT2D eigenvalue weighted by molar-refractivity contribution is -0.138. The predicted molar refractivity (Wildman–Crippen MR) is 255 cm³/mol. The number of esters is 4. The molecular formula is C36H40O8S12. The fourth-order valence-corrected chi connectivity index (χ4v) is 22.1. The summed E-state index contributed by atoms with van der Waals surface area (Å²) in [4.78, 5) is 51.3. The van der Waals surface area contributed by atoms with Gasteiger partial charge in [-0.05, 0) is 42.1 Å². The number of ether oxygens (including phenoxy) is 4. The molecule has 0 aromatic carbocycles. The number of hydrogen-bond donors (Lipinski definition) is 0. The number of thioether (sulfide) groups is 12. The van der Waals surface area contributed by atoms with Crippen LogP contribution in [0, 0.1) is 0 Å². The number of carbonyl (C=O) groups excluding carboxylic acids is 4. The topological polar surface area (TPSA) is 105 Å². The van der Waals surface area contributed by atoms with Crippen LogP contribution >= 0.6 is 141 Å². The second-order valence-electron chi connectivity index (χ2n) is 11.5. The van der Waals surface area contributed by atoms with Crippen LogP contribution in [-0.2, 0) is 38.1 Å². The molecular weight excluding hydrogens is 945 g/mol. The Morgan fingerprint density at radius 2 is 0.821 bits per heavy atom. The molecule has 0 N–H and O–H groups in total. The zero-order valence-corrected chi connectivity index (χ0v) is 41.2. The summed E-state index contributed by atoms with van der Waals surface area (Å²) in [6.07, 6.45) is 14.0. The van der Waals surface area contributed by atoms with E-state index in [-0.39, 0.29) is 19.6 Å². The summed E-state index contributed by atoms with van der Waals surface area (Å²) in [5.41, 5.74) is 0.697. The number of hydrogen-bond acceptors (Lipinski definition) is 20. The molecule has 0 saturated carbocycles. The van der Waals surface area contributed by atoms with Crippen LogP contribution in [-0.4, -0.2) is 63.8 Å². The third kappa shape index (κ3) is 12.5. The Morgan fingerprint density at radius 3 is 1.21 bits per heavy atom. The maximum Gasteiger partial charge on any atom is 0.346 e. The molecule has 5 aliphatic heterocycles. The van der Waals surface area contributed by atoms with Gasteiger partial charge in [-0.25, -0.2) is 19.2 Å². The summed E-state index contributed by atoms with van der Waals surface area (Å²) in [7, 11) is 5.05. The lowest BCUT2D eigenvalue weighted by Crippen LogP contribution is -2.08. The molecule has 0 aromatic heterocycles. The Morgan fingerprint density at radius 1 is 0.464 bits per heavy atom. The lowest BCUT2D eigenvalue weighted by Gasteiger charge is -2.08. The van der Waals surface area contributed by atoms with E-state index in [2.05, 4.69) is 13.8 Å². The minimum Gasteiger partial charge on any atom is -0.465 e. The molecule has 0 unspecified atom stereocenters. The van der Waals surface area contributed by atoms with Gasteiger partial charge in [0.1, 0.15) is 19.6 Å². The second kappa shape index (κ2) is 23.9. The van der Waals surface area contributed by atoms with Gasteiger partial charge < -0.3 is 18.9 Å². The molecule has 0 aromatic rings. The van der Waals surface area contributed by atoms with E-state index < -0.39 is 23.9 Å². The highest BCUT2D eigenvalue weighted by Gasteiger charge is 2.38. The maximum atomic E-state index is 12.8. The first-order valence-electron chi connectivity index (χ1n) is 17.4. The van der Waals surface area contributed by atoms with Crippen molar-refractivity contribution in [2.45, 2.75) is 65.2 Å². The molecule has 0 amide bonds. The maximum absolute atomic E-state index is 12.8. The fraction of sp³-hybridized carbons (Fsp3) is 0.444. The largest absolute Gasteiger partial charge is 0.465 e. The second-order valence-corrected chi connectivity index (χ2v) is 26.4. The van der Waals surface area contributed by atoms with Crippen LogP contribution in [0.15, 0.2) is 75.5 Å².